The summed E-state index contributed by atoms with van der Waals surface area (Å²) in [4.78, 5) is 11.5. The maximum absolute atomic E-state index is 11.5. The van der Waals surface area contributed by atoms with Crippen LogP contribution in [-0.2, 0) is 0 Å². The fraction of sp³-hybridized carbons (Fsp3) is 0.0833. The quantitative estimate of drug-likeness (QED) is 0.814. The highest BCUT2D eigenvalue weighted by Gasteiger charge is 2.08. The number of nitrogens with one attached hydrogen (secondary N) is 2. The number of halogens is 1. The summed E-state index contributed by atoms with van der Waals surface area (Å²) in [5.74, 6) is -0.312. The fourth-order valence-corrected chi connectivity index (χ4v) is 1.37. The lowest BCUT2D eigenvalue weighted by Crippen LogP contribution is -2.18. The Morgan fingerprint density at radius 1 is 1.39 bits per heavy atom. The number of nitriles is 2. The van der Waals surface area contributed by atoms with E-state index in [1.165, 1.54) is 19.3 Å². The summed E-state index contributed by atoms with van der Waals surface area (Å²) in [5.41, 5.74) is 0.806. The summed E-state index contributed by atoms with van der Waals surface area (Å²) in [7, 11) is 1.50. The van der Waals surface area contributed by atoms with E-state index in [-0.39, 0.29) is 11.5 Å². The van der Waals surface area contributed by atoms with E-state index in [0.717, 1.165) is 0 Å². The van der Waals surface area contributed by atoms with Gasteiger partial charge in [0, 0.05) is 18.9 Å². The van der Waals surface area contributed by atoms with Crippen LogP contribution in [0.25, 0.3) is 0 Å². The van der Waals surface area contributed by atoms with Crippen molar-refractivity contribution >= 4 is 23.2 Å². The van der Waals surface area contributed by atoms with Crippen molar-refractivity contribution in [1.29, 1.82) is 10.5 Å². The van der Waals surface area contributed by atoms with Crippen LogP contribution in [-0.4, -0.2) is 13.0 Å². The van der Waals surface area contributed by atoms with Crippen LogP contribution in [0.15, 0.2) is 30.0 Å². The number of hydrogen-bond donors (Lipinski definition) is 2. The van der Waals surface area contributed by atoms with Crippen LogP contribution < -0.4 is 10.6 Å². The van der Waals surface area contributed by atoms with Gasteiger partial charge in [-0.05, 0) is 18.2 Å². The molecule has 0 saturated heterocycles. The van der Waals surface area contributed by atoms with Gasteiger partial charge >= 0.3 is 0 Å². The summed E-state index contributed by atoms with van der Waals surface area (Å²) < 4.78 is 0. The second-order valence-electron chi connectivity index (χ2n) is 3.20. The zero-order valence-corrected chi connectivity index (χ0v) is 10.2. The first-order valence-corrected chi connectivity index (χ1v) is 5.28. The van der Waals surface area contributed by atoms with Crippen molar-refractivity contribution in [3.05, 3.63) is 40.6 Å². The Bertz CT molecular complexity index is 565. The largest absolute Gasteiger partial charge is 0.360 e. The van der Waals surface area contributed by atoms with Gasteiger partial charge in [0.25, 0.3) is 5.91 Å². The number of benzene rings is 1. The standard InChI is InChI=1S/C12H9ClN4O/c1-16-12(18)10-4-9(2-3-11(10)13)17-7-8(5-14)6-15/h2-4,7,17H,1H3,(H,16,18). The van der Waals surface area contributed by atoms with Crippen LogP contribution in [0.1, 0.15) is 10.4 Å². The van der Waals surface area contributed by atoms with E-state index in [2.05, 4.69) is 10.6 Å². The molecule has 0 atom stereocenters. The third-order valence-electron chi connectivity index (χ3n) is 2.06. The molecule has 0 unspecified atom stereocenters. The SMILES string of the molecule is CNC(=O)c1cc(NC=C(C#N)C#N)ccc1Cl. The summed E-state index contributed by atoms with van der Waals surface area (Å²) in [5, 5.41) is 22.7. The molecular formula is C12H9ClN4O. The third kappa shape index (κ3) is 3.24. The monoisotopic (exact) mass is 260 g/mol. The Hall–Kier alpha value is -2.50. The molecule has 6 heteroatoms. The zero-order chi connectivity index (χ0) is 13.5. The molecule has 5 nitrogen and oxygen atoms in total. The van der Waals surface area contributed by atoms with Crippen molar-refractivity contribution in [3.63, 3.8) is 0 Å². The Morgan fingerprint density at radius 3 is 2.61 bits per heavy atom. The Kier molecular flexibility index (Phi) is 4.74. The van der Waals surface area contributed by atoms with Crippen molar-refractivity contribution in [3.8, 4) is 12.1 Å². The molecule has 18 heavy (non-hydrogen) atoms. The van der Waals surface area contributed by atoms with Gasteiger partial charge in [-0.2, -0.15) is 10.5 Å². The average molecular weight is 261 g/mol. The molecular weight excluding hydrogens is 252 g/mol. The lowest BCUT2D eigenvalue weighted by molar-refractivity contribution is 0.0963. The highest BCUT2D eigenvalue weighted by atomic mass is 35.5. The summed E-state index contributed by atoms with van der Waals surface area (Å²) in [6.07, 6.45) is 1.26. The highest BCUT2D eigenvalue weighted by Crippen LogP contribution is 2.20. The Labute approximate surface area is 109 Å². The van der Waals surface area contributed by atoms with Crippen LogP contribution in [0.4, 0.5) is 5.69 Å². The van der Waals surface area contributed by atoms with Gasteiger partial charge in [-0.1, -0.05) is 11.6 Å². The predicted octanol–water partition coefficient (Wildman–Crippen LogP) is 2.04. The molecule has 0 heterocycles. The smallest absolute Gasteiger partial charge is 0.252 e. The minimum absolute atomic E-state index is 0.0635. The molecule has 1 aromatic rings. The van der Waals surface area contributed by atoms with Gasteiger partial charge < -0.3 is 10.6 Å². The van der Waals surface area contributed by atoms with Crippen molar-refractivity contribution in [2.24, 2.45) is 0 Å². The molecule has 2 N–H and O–H groups in total. The second kappa shape index (κ2) is 6.29. The molecule has 0 aliphatic heterocycles. The lowest BCUT2D eigenvalue weighted by atomic mass is 10.2. The normalized spacial score (nSPS) is 8.67. The molecule has 1 amide bonds. The predicted molar refractivity (Wildman–Crippen MR) is 67.8 cm³/mol. The van der Waals surface area contributed by atoms with E-state index >= 15 is 0 Å². The number of nitrogens with zero attached hydrogens (tertiary/aromatic N) is 2. The minimum atomic E-state index is -0.312. The maximum atomic E-state index is 11.5. The minimum Gasteiger partial charge on any atom is -0.360 e. The average Bonchev–Trinajstić information content (AvgIpc) is 2.40. The number of allylic oxidation sites excluding steroid dienone is 1. The number of amides is 1. The van der Waals surface area contributed by atoms with Crippen LogP contribution in [0.5, 0.6) is 0 Å². The van der Waals surface area contributed by atoms with Crippen molar-refractivity contribution in [1.82, 2.24) is 5.32 Å². The van der Waals surface area contributed by atoms with Crippen molar-refractivity contribution in [2.75, 3.05) is 12.4 Å². The van der Waals surface area contributed by atoms with Gasteiger partial charge in [0.1, 0.15) is 17.7 Å². The molecule has 90 valence electrons. The van der Waals surface area contributed by atoms with Gasteiger partial charge in [0.05, 0.1) is 10.6 Å². The van der Waals surface area contributed by atoms with Crippen molar-refractivity contribution < 1.29 is 4.79 Å². The Balaban J connectivity index is 3.01. The van der Waals surface area contributed by atoms with E-state index in [1.807, 2.05) is 0 Å². The van der Waals surface area contributed by atoms with Gasteiger partial charge in [-0.3, -0.25) is 4.79 Å². The lowest BCUT2D eigenvalue weighted by Gasteiger charge is -2.06. The van der Waals surface area contributed by atoms with E-state index < -0.39 is 0 Å². The summed E-state index contributed by atoms with van der Waals surface area (Å²) in [6.45, 7) is 0. The van der Waals surface area contributed by atoms with Gasteiger partial charge in [-0.15, -0.1) is 0 Å². The highest BCUT2D eigenvalue weighted by molar-refractivity contribution is 6.34. The number of hydrogen-bond acceptors (Lipinski definition) is 4. The van der Waals surface area contributed by atoms with E-state index in [4.69, 9.17) is 22.1 Å². The first-order chi connectivity index (χ1) is 8.62. The molecule has 0 radical (unpaired) electrons. The van der Waals surface area contributed by atoms with Crippen LogP contribution in [0.3, 0.4) is 0 Å². The molecule has 0 aliphatic rings. The van der Waals surface area contributed by atoms with Crippen LogP contribution in [0.2, 0.25) is 5.02 Å². The maximum Gasteiger partial charge on any atom is 0.252 e. The third-order valence-corrected chi connectivity index (χ3v) is 2.39. The molecule has 0 aliphatic carbocycles. The number of carbonyl (C=O) groups is 1. The number of rotatable bonds is 3. The zero-order valence-electron chi connectivity index (χ0n) is 9.49. The van der Waals surface area contributed by atoms with Gasteiger partial charge in [0.2, 0.25) is 0 Å². The first-order valence-electron chi connectivity index (χ1n) is 4.91. The summed E-state index contributed by atoms with van der Waals surface area (Å²) in [6, 6.07) is 8.15. The first kappa shape index (κ1) is 13.6. The molecule has 1 aromatic carbocycles. The van der Waals surface area contributed by atoms with Gasteiger partial charge in [-0.25, -0.2) is 0 Å². The molecule has 1 rings (SSSR count). The molecule has 0 spiro atoms. The van der Waals surface area contributed by atoms with E-state index in [9.17, 15) is 4.79 Å². The van der Waals surface area contributed by atoms with Crippen molar-refractivity contribution in [2.45, 2.75) is 0 Å². The number of anilines is 1. The second-order valence-corrected chi connectivity index (χ2v) is 3.61. The molecule has 0 fully saturated rings. The molecule has 0 saturated carbocycles. The molecule has 0 aromatic heterocycles. The topological polar surface area (TPSA) is 88.7 Å². The summed E-state index contributed by atoms with van der Waals surface area (Å²) >= 11 is 5.88. The van der Waals surface area contributed by atoms with E-state index in [1.54, 1.807) is 24.3 Å². The van der Waals surface area contributed by atoms with Crippen LogP contribution >= 0.6 is 11.6 Å². The Morgan fingerprint density at radius 2 is 2.06 bits per heavy atom. The van der Waals surface area contributed by atoms with E-state index in [0.29, 0.717) is 16.3 Å². The fourth-order valence-electron chi connectivity index (χ4n) is 1.17. The molecule has 0 bridgehead atoms. The van der Waals surface area contributed by atoms with Crippen LogP contribution in [0, 0.1) is 22.7 Å². The van der Waals surface area contributed by atoms with Gasteiger partial charge in [0.15, 0.2) is 0 Å². The number of carbonyl (C=O) groups excluding carboxylic acids is 1.